The van der Waals surface area contributed by atoms with Crippen molar-refractivity contribution in [2.45, 2.75) is 6.42 Å². The number of rotatable bonds is 4. The third kappa shape index (κ3) is 2.93. The van der Waals surface area contributed by atoms with Crippen molar-refractivity contribution >= 4 is 34.3 Å². The minimum absolute atomic E-state index is 0.616. The van der Waals surface area contributed by atoms with Gasteiger partial charge in [-0.3, -0.25) is 0 Å². The highest BCUT2D eigenvalue weighted by atomic mass is 35.5. The standard InChI is InChI=1S/C13H15ClN2S/c1-16(8-7-10-4-3-9-17-10)12-6-2-5-11(14)13(12)15/h2-6,9H,7-8,15H2,1H3. The van der Waals surface area contributed by atoms with E-state index in [2.05, 4.69) is 22.4 Å². The van der Waals surface area contributed by atoms with Crippen LogP contribution in [0.2, 0.25) is 5.02 Å². The van der Waals surface area contributed by atoms with E-state index >= 15 is 0 Å². The second-order valence-electron chi connectivity index (χ2n) is 3.92. The third-order valence-electron chi connectivity index (χ3n) is 2.71. The number of nitrogens with zero attached hydrogens (tertiary/aromatic N) is 1. The molecule has 17 heavy (non-hydrogen) atoms. The van der Waals surface area contributed by atoms with Crippen molar-refractivity contribution in [2.75, 3.05) is 24.2 Å². The molecule has 0 unspecified atom stereocenters. The number of nitrogens with two attached hydrogens (primary N) is 1. The normalized spacial score (nSPS) is 10.5. The van der Waals surface area contributed by atoms with E-state index in [1.165, 1.54) is 4.88 Å². The number of hydrogen-bond acceptors (Lipinski definition) is 3. The number of para-hydroxylation sites is 1. The smallest absolute Gasteiger partial charge is 0.0741 e. The van der Waals surface area contributed by atoms with Crippen LogP contribution in [0.25, 0.3) is 0 Å². The van der Waals surface area contributed by atoms with E-state index < -0.39 is 0 Å². The zero-order valence-corrected chi connectivity index (χ0v) is 11.3. The third-order valence-corrected chi connectivity index (χ3v) is 3.98. The Balaban J connectivity index is 2.04. The molecule has 2 aromatic rings. The molecule has 0 aliphatic carbocycles. The van der Waals surface area contributed by atoms with Crippen LogP contribution in [-0.2, 0) is 6.42 Å². The molecular weight excluding hydrogens is 252 g/mol. The fourth-order valence-corrected chi connectivity index (χ4v) is 2.58. The van der Waals surface area contributed by atoms with Gasteiger partial charge in [-0.15, -0.1) is 11.3 Å². The van der Waals surface area contributed by atoms with Gasteiger partial charge in [-0.1, -0.05) is 23.7 Å². The molecule has 90 valence electrons. The number of likely N-dealkylation sites (N-methyl/N-ethyl adjacent to an activating group) is 1. The molecule has 1 aromatic heterocycles. The predicted octanol–water partition coefficient (Wildman–Crippen LogP) is 3.66. The van der Waals surface area contributed by atoms with Crippen molar-refractivity contribution in [1.29, 1.82) is 0 Å². The Kier molecular flexibility index (Phi) is 3.92. The largest absolute Gasteiger partial charge is 0.396 e. The first-order valence-corrected chi connectivity index (χ1v) is 6.72. The van der Waals surface area contributed by atoms with E-state index in [1.54, 1.807) is 11.3 Å². The average Bonchev–Trinajstić information content (AvgIpc) is 2.82. The van der Waals surface area contributed by atoms with Gasteiger partial charge < -0.3 is 10.6 Å². The Bertz CT molecular complexity index is 482. The van der Waals surface area contributed by atoms with Crippen LogP contribution in [-0.4, -0.2) is 13.6 Å². The van der Waals surface area contributed by atoms with Crippen LogP contribution >= 0.6 is 22.9 Å². The van der Waals surface area contributed by atoms with Gasteiger partial charge in [-0.2, -0.15) is 0 Å². The van der Waals surface area contributed by atoms with Gasteiger partial charge in [0.2, 0.25) is 0 Å². The lowest BCUT2D eigenvalue weighted by atomic mass is 10.2. The van der Waals surface area contributed by atoms with Crippen LogP contribution < -0.4 is 10.6 Å². The molecule has 0 amide bonds. The Labute approximate surface area is 111 Å². The first-order valence-electron chi connectivity index (χ1n) is 5.46. The molecule has 0 radical (unpaired) electrons. The molecule has 0 bridgehead atoms. The molecule has 4 heteroatoms. The minimum atomic E-state index is 0.616. The quantitative estimate of drug-likeness (QED) is 0.856. The molecule has 1 heterocycles. The molecule has 0 saturated heterocycles. The van der Waals surface area contributed by atoms with Crippen LogP contribution in [0.3, 0.4) is 0 Å². The molecule has 2 nitrogen and oxygen atoms in total. The van der Waals surface area contributed by atoms with Crippen LogP contribution in [0, 0.1) is 0 Å². The molecule has 1 aromatic carbocycles. The van der Waals surface area contributed by atoms with Gasteiger partial charge in [-0.25, -0.2) is 0 Å². The zero-order valence-electron chi connectivity index (χ0n) is 9.69. The fourth-order valence-electron chi connectivity index (χ4n) is 1.71. The molecule has 2 N–H and O–H groups in total. The van der Waals surface area contributed by atoms with E-state index in [-0.39, 0.29) is 0 Å². The molecule has 0 fully saturated rings. The molecule has 0 aliphatic heterocycles. The highest BCUT2D eigenvalue weighted by Gasteiger charge is 2.07. The summed E-state index contributed by atoms with van der Waals surface area (Å²) in [7, 11) is 2.04. The lowest BCUT2D eigenvalue weighted by Crippen LogP contribution is -2.21. The van der Waals surface area contributed by atoms with Crippen LogP contribution in [0.5, 0.6) is 0 Å². The van der Waals surface area contributed by atoms with Crippen molar-refractivity contribution < 1.29 is 0 Å². The Morgan fingerprint density at radius 2 is 2.12 bits per heavy atom. The lowest BCUT2D eigenvalue weighted by molar-refractivity contribution is 0.889. The lowest BCUT2D eigenvalue weighted by Gasteiger charge is -2.21. The van der Waals surface area contributed by atoms with Crippen LogP contribution in [0.15, 0.2) is 35.7 Å². The van der Waals surface area contributed by atoms with E-state index in [4.69, 9.17) is 17.3 Å². The summed E-state index contributed by atoms with van der Waals surface area (Å²) in [5.74, 6) is 0. The summed E-state index contributed by atoms with van der Waals surface area (Å²) < 4.78 is 0. The molecule has 2 rings (SSSR count). The SMILES string of the molecule is CN(CCc1cccs1)c1cccc(Cl)c1N. The van der Waals surface area contributed by atoms with Gasteiger partial charge >= 0.3 is 0 Å². The first-order chi connectivity index (χ1) is 8.18. The second-order valence-corrected chi connectivity index (χ2v) is 5.36. The van der Waals surface area contributed by atoms with E-state index in [1.807, 2.05) is 25.2 Å². The summed E-state index contributed by atoms with van der Waals surface area (Å²) in [4.78, 5) is 3.53. The molecule has 0 saturated carbocycles. The Morgan fingerprint density at radius 1 is 1.29 bits per heavy atom. The van der Waals surface area contributed by atoms with E-state index in [9.17, 15) is 0 Å². The van der Waals surface area contributed by atoms with Crippen molar-refractivity contribution in [3.05, 3.63) is 45.6 Å². The Morgan fingerprint density at radius 3 is 2.82 bits per heavy atom. The number of thiophene rings is 1. The summed E-state index contributed by atoms with van der Waals surface area (Å²) in [6.07, 6.45) is 1.03. The summed E-state index contributed by atoms with van der Waals surface area (Å²) in [5.41, 5.74) is 7.61. The zero-order chi connectivity index (χ0) is 12.3. The summed E-state index contributed by atoms with van der Waals surface area (Å²) >= 11 is 7.79. The van der Waals surface area contributed by atoms with Crippen LogP contribution in [0.4, 0.5) is 11.4 Å². The molecular formula is C13H15ClN2S. The van der Waals surface area contributed by atoms with Gasteiger partial charge in [-0.05, 0) is 30.0 Å². The van der Waals surface area contributed by atoms with E-state index in [0.717, 1.165) is 18.7 Å². The maximum absolute atomic E-state index is 6.01. The molecule has 0 aliphatic rings. The number of anilines is 2. The fraction of sp³-hybridized carbons (Fsp3) is 0.231. The highest BCUT2D eigenvalue weighted by molar-refractivity contribution is 7.09. The number of halogens is 1. The minimum Gasteiger partial charge on any atom is -0.396 e. The van der Waals surface area contributed by atoms with Crippen LogP contribution in [0.1, 0.15) is 4.88 Å². The summed E-state index contributed by atoms with van der Waals surface area (Å²) in [6.45, 7) is 0.936. The first kappa shape index (κ1) is 12.3. The molecule has 0 atom stereocenters. The van der Waals surface area contributed by atoms with E-state index in [0.29, 0.717) is 10.7 Å². The molecule has 0 spiro atoms. The topological polar surface area (TPSA) is 29.3 Å². The second kappa shape index (κ2) is 5.43. The summed E-state index contributed by atoms with van der Waals surface area (Å²) in [5, 5.41) is 2.72. The highest BCUT2D eigenvalue weighted by Crippen LogP contribution is 2.29. The van der Waals surface area contributed by atoms with Crippen molar-refractivity contribution in [3.8, 4) is 0 Å². The predicted molar refractivity (Wildman–Crippen MR) is 77.2 cm³/mol. The Hall–Kier alpha value is -1.19. The van der Waals surface area contributed by atoms with Crippen molar-refractivity contribution in [1.82, 2.24) is 0 Å². The van der Waals surface area contributed by atoms with Crippen molar-refractivity contribution in [2.24, 2.45) is 0 Å². The average molecular weight is 267 g/mol. The summed E-state index contributed by atoms with van der Waals surface area (Å²) in [6, 6.07) is 9.96. The van der Waals surface area contributed by atoms with Gasteiger partial charge in [0.1, 0.15) is 0 Å². The van der Waals surface area contributed by atoms with Gasteiger partial charge in [0.15, 0.2) is 0 Å². The maximum atomic E-state index is 6.01. The monoisotopic (exact) mass is 266 g/mol. The van der Waals surface area contributed by atoms with Crippen molar-refractivity contribution in [3.63, 3.8) is 0 Å². The number of nitrogen functional groups attached to an aromatic ring is 1. The maximum Gasteiger partial charge on any atom is 0.0741 e. The number of benzene rings is 1. The number of hydrogen-bond donors (Lipinski definition) is 1. The van der Waals surface area contributed by atoms with Gasteiger partial charge in [0, 0.05) is 18.5 Å². The van der Waals surface area contributed by atoms with Gasteiger partial charge in [0.05, 0.1) is 16.4 Å². The van der Waals surface area contributed by atoms with Gasteiger partial charge in [0.25, 0.3) is 0 Å².